The molecule has 194 valence electrons. The molecule has 2 heterocycles. The number of ether oxygens (including phenoxy) is 2. The monoisotopic (exact) mass is 526 g/mol. The van der Waals surface area contributed by atoms with E-state index in [1.54, 1.807) is 0 Å². The zero-order valence-electron chi connectivity index (χ0n) is 20.8. The van der Waals surface area contributed by atoms with Crippen molar-refractivity contribution in [2.45, 2.75) is 61.9 Å². The van der Waals surface area contributed by atoms with Crippen LogP contribution in [0.4, 0.5) is 0 Å². The summed E-state index contributed by atoms with van der Waals surface area (Å²) >= 11 is 10.9. The number of carbonyl (C=O) groups is 2. The smallest absolute Gasteiger partial charge is 0.312 e. The van der Waals surface area contributed by atoms with Gasteiger partial charge in [-0.25, -0.2) is 0 Å². The SMILES string of the molecule is O=C1CC2(CO1)CC1CC2C2C3CC(C12)C(C1C(S)C2CC1C1C2C2CC1C1(CCOC1=O)C2)C3S. The lowest BCUT2D eigenvalue weighted by atomic mass is 9.54. The number of hydrogen-bond donors (Lipinski definition) is 2. The van der Waals surface area contributed by atoms with Gasteiger partial charge in [-0.05, 0) is 128 Å². The molecule has 8 aliphatic carbocycles. The molecule has 0 aromatic carbocycles. The van der Waals surface area contributed by atoms with Crippen LogP contribution in [0.3, 0.4) is 0 Å². The van der Waals surface area contributed by atoms with E-state index in [0.29, 0.717) is 53.8 Å². The first kappa shape index (κ1) is 21.5. The van der Waals surface area contributed by atoms with Crippen molar-refractivity contribution >= 4 is 37.2 Å². The summed E-state index contributed by atoms with van der Waals surface area (Å²) in [7, 11) is 0. The average Bonchev–Trinajstić information content (AvgIpc) is 3.65. The number of rotatable bonds is 1. The van der Waals surface area contributed by atoms with E-state index in [2.05, 4.69) is 0 Å². The first-order valence-electron chi connectivity index (χ1n) is 15.1. The van der Waals surface area contributed by atoms with Crippen LogP contribution in [0.25, 0.3) is 0 Å². The Balaban J connectivity index is 0.974. The zero-order valence-corrected chi connectivity index (χ0v) is 22.6. The number of hydrogen-bond acceptors (Lipinski definition) is 6. The van der Waals surface area contributed by atoms with Gasteiger partial charge < -0.3 is 9.47 Å². The van der Waals surface area contributed by atoms with Crippen molar-refractivity contribution in [2.24, 2.45) is 93.7 Å². The maximum atomic E-state index is 13.0. The van der Waals surface area contributed by atoms with Crippen LogP contribution in [0, 0.1) is 93.7 Å². The van der Waals surface area contributed by atoms with Crippen LogP contribution in [-0.2, 0) is 19.1 Å². The Bertz CT molecular complexity index is 1090. The minimum absolute atomic E-state index is 0.0479. The first-order valence-corrected chi connectivity index (χ1v) is 16.1. The van der Waals surface area contributed by atoms with Crippen molar-refractivity contribution < 1.29 is 19.1 Å². The van der Waals surface area contributed by atoms with E-state index in [9.17, 15) is 9.59 Å². The summed E-state index contributed by atoms with van der Waals surface area (Å²) in [5.74, 6) is 10.7. The van der Waals surface area contributed by atoms with Crippen molar-refractivity contribution in [3.63, 3.8) is 0 Å². The first-order chi connectivity index (χ1) is 17.4. The number of cyclic esters (lactones) is 2. The van der Waals surface area contributed by atoms with E-state index < -0.39 is 0 Å². The van der Waals surface area contributed by atoms with Gasteiger partial charge in [0.15, 0.2) is 0 Å². The van der Waals surface area contributed by atoms with Crippen LogP contribution in [0.5, 0.6) is 0 Å². The molecule has 2 spiro atoms. The van der Waals surface area contributed by atoms with Crippen LogP contribution in [0.15, 0.2) is 0 Å². The van der Waals surface area contributed by atoms with Gasteiger partial charge in [0.05, 0.1) is 25.0 Å². The van der Waals surface area contributed by atoms with Gasteiger partial charge in [-0.2, -0.15) is 25.3 Å². The molecule has 6 heteroatoms. The van der Waals surface area contributed by atoms with Crippen molar-refractivity contribution in [2.75, 3.05) is 13.2 Å². The Morgan fingerprint density at radius 2 is 1.33 bits per heavy atom. The third-order valence-electron chi connectivity index (χ3n) is 15.2. The summed E-state index contributed by atoms with van der Waals surface area (Å²) < 4.78 is 11.2. The second kappa shape index (κ2) is 6.50. The van der Waals surface area contributed by atoms with Gasteiger partial charge in [-0.3, -0.25) is 9.59 Å². The van der Waals surface area contributed by atoms with Gasteiger partial charge in [-0.1, -0.05) is 0 Å². The Morgan fingerprint density at radius 1 is 0.694 bits per heavy atom. The van der Waals surface area contributed by atoms with Crippen molar-refractivity contribution in [1.29, 1.82) is 0 Å². The number of esters is 2. The fourth-order valence-electron chi connectivity index (χ4n) is 14.9. The van der Waals surface area contributed by atoms with Crippen LogP contribution in [0.1, 0.15) is 51.4 Å². The predicted octanol–water partition coefficient (Wildman–Crippen LogP) is 4.53. The number of thiol groups is 2. The van der Waals surface area contributed by atoms with Gasteiger partial charge >= 0.3 is 11.9 Å². The lowest BCUT2D eigenvalue weighted by molar-refractivity contribution is -0.151. The summed E-state index contributed by atoms with van der Waals surface area (Å²) in [6, 6.07) is 0. The molecular weight excluding hydrogens is 488 g/mol. The standard InChI is InChI=1S/C30H38O4S2/c31-19-9-29(10-34-19)7-11-3-17(29)23-16-5-13(20(11)23)24(27(16)36)25-14-6-15(26(25)35)21-12-4-18(22(14)21)30(8-12)1-2-33-28(30)32/h11-18,20-27,35-36H,1-10H2. The Hall–Kier alpha value is -0.360. The molecule has 0 aromatic rings. The molecule has 10 fully saturated rings. The third-order valence-corrected chi connectivity index (χ3v) is 16.6. The largest absolute Gasteiger partial charge is 0.465 e. The van der Waals surface area contributed by atoms with E-state index in [-0.39, 0.29) is 22.8 Å². The van der Waals surface area contributed by atoms with Crippen molar-refractivity contribution in [1.82, 2.24) is 0 Å². The van der Waals surface area contributed by atoms with Gasteiger partial charge in [0, 0.05) is 15.9 Å². The minimum atomic E-state index is -0.132. The summed E-state index contributed by atoms with van der Waals surface area (Å²) in [5.41, 5.74) is 0.0300. The minimum Gasteiger partial charge on any atom is -0.465 e. The zero-order chi connectivity index (χ0) is 23.9. The number of carbonyl (C=O) groups excluding carboxylic acids is 2. The highest BCUT2D eigenvalue weighted by atomic mass is 32.1. The van der Waals surface area contributed by atoms with E-state index in [4.69, 9.17) is 34.7 Å². The normalized spacial score (nSPS) is 68.5. The molecule has 0 aromatic heterocycles. The average molecular weight is 527 g/mol. The molecule has 0 N–H and O–H groups in total. The van der Waals surface area contributed by atoms with E-state index in [0.717, 1.165) is 72.0 Å². The lowest BCUT2D eigenvalue weighted by Crippen LogP contribution is -2.52. The van der Waals surface area contributed by atoms with E-state index in [1.807, 2.05) is 0 Å². The van der Waals surface area contributed by atoms with Gasteiger partial charge in [-0.15, -0.1) is 0 Å². The van der Waals surface area contributed by atoms with Gasteiger partial charge in [0.2, 0.25) is 0 Å². The summed E-state index contributed by atoms with van der Waals surface area (Å²) in [6.45, 7) is 1.34. The van der Waals surface area contributed by atoms with Crippen LogP contribution in [0.2, 0.25) is 0 Å². The van der Waals surface area contributed by atoms with Crippen molar-refractivity contribution in [3.05, 3.63) is 0 Å². The highest BCUT2D eigenvalue weighted by Gasteiger charge is 2.77. The maximum absolute atomic E-state index is 13.0. The van der Waals surface area contributed by atoms with Gasteiger partial charge in [0.1, 0.15) is 0 Å². The molecule has 18 unspecified atom stereocenters. The molecule has 2 aliphatic heterocycles. The fourth-order valence-corrected chi connectivity index (χ4v) is 16.3. The van der Waals surface area contributed by atoms with Crippen molar-refractivity contribution in [3.8, 4) is 0 Å². The second-order valence-electron chi connectivity index (χ2n) is 15.4. The summed E-state index contributed by atoms with van der Waals surface area (Å²) in [4.78, 5) is 25.1. The van der Waals surface area contributed by atoms with E-state index in [1.165, 1.54) is 32.1 Å². The molecule has 4 nitrogen and oxygen atoms in total. The van der Waals surface area contributed by atoms with Crippen LogP contribution < -0.4 is 0 Å². The lowest BCUT2D eigenvalue weighted by Gasteiger charge is -2.53. The molecule has 8 saturated carbocycles. The predicted molar refractivity (Wildman–Crippen MR) is 138 cm³/mol. The second-order valence-corrected chi connectivity index (χ2v) is 16.6. The molecule has 10 rings (SSSR count). The topological polar surface area (TPSA) is 52.6 Å². The Morgan fingerprint density at radius 3 is 2.03 bits per heavy atom. The highest BCUT2D eigenvalue weighted by molar-refractivity contribution is 7.81. The molecule has 0 radical (unpaired) electrons. The van der Waals surface area contributed by atoms with E-state index >= 15 is 0 Å². The van der Waals surface area contributed by atoms with Crippen LogP contribution >= 0.6 is 25.3 Å². The highest BCUT2D eigenvalue weighted by Crippen LogP contribution is 2.80. The summed E-state index contributed by atoms with van der Waals surface area (Å²) in [6.07, 6.45) is 9.35. The Labute approximate surface area is 224 Å². The van der Waals surface area contributed by atoms with Gasteiger partial charge in [0.25, 0.3) is 0 Å². The molecule has 18 atom stereocenters. The molecule has 8 bridgehead atoms. The summed E-state index contributed by atoms with van der Waals surface area (Å²) in [5, 5.41) is 1.03. The molecule has 2 saturated heterocycles. The molecular formula is C30H38O4S2. The molecule has 36 heavy (non-hydrogen) atoms. The molecule has 10 aliphatic rings. The third kappa shape index (κ3) is 2.13. The Kier molecular flexibility index (Phi) is 3.88. The molecule has 0 amide bonds. The van der Waals surface area contributed by atoms with Crippen LogP contribution in [-0.4, -0.2) is 35.7 Å². The maximum Gasteiger partial charge on any atom is 0.312 e. The fraction of sp³-hybridized carbons (Fsp3) is 0.933. The number of fused-ring (bicyclic) bond motifs is 20. The quantitative estimate of drug-likeness (QED) is 0.300.